The number of rotatable bonds is 5. The van der Waals surface area contributed by atoms with Gasteiger partial charge >= 0.3 is 0 Å². The molecule has 0 aliphatic rings. The summed E-state index contributed by atoms with van der Waals surface area (Å²) < 4.78 is 15.7. The zero-order chi connectivity index (χ0) is 14.7. The summed E-state index contributed by atoms with van der Waals surface area (Å²) in [5.74, 6) is 5.22. The number of hydrogen-bond acceptors (Lipinski definition) is 3. The predicted octanol–water partition coefficient (Wildman–Crippen LogP) is 2.52. The van der Waals surface area contributed by atoms with Crippen LogP contribution in [0.25, 0.3) is 0 Å². The number of benzene rings is 1. The molecule has 1 aromatic heterocycles. The Morgan fingerprint density at radius 2 is 2.25 bits per heavy atom. The van der Waals surface area contributed by atoms with Gasteiger partial charge in [-0.15, -0.1) is 0 Å². The molecule has 0 spiro atoms. The molecule has 20 heavy (non-hydrogen) atoms. The molecule has 0 amide bonds. The molecule has 1 heterocycles. The maximum Gasteiger partial charge on any atom is 0.145 e. The number of nitrogens with two attached hydrogens (primary N) is 1. The lowest BCUT2D eigenvalue weighted by Crippen LogP contribution is -2.31. The van der Waals surface area contributed by atoms with Crippen LogP contribution in [0.15, 0.2) is 24.3 Å². The quantitative estimate of drug-likeness (QED) is 0.658. The smallest absolute Gasteiger partial charge is 0.145 e. The van der Waals surface area contributed by atoms with E-state index in [2.05, 4.69) is 10.5 Å². The Morgan fingerprint density at radius 1 is 1.50 bits per heavy atom. The van der Waals surface area contributed by atoms with Crippen LogP contribution in [0.3, 0.4) is 0 Å². The van der Waals surface area contributed by atoms with Gasteiger partial charge in [-0.3, -0.25) is 16.0 Å². The lowest BCUT2D eigenvalue weighted by atomic mass is 10.0. The number of nitrogens with one attached hydrogen (secondary N) is 1. The maximum absolute atomic E-state index is 14.0. The Bertz CT molecular complexity index is 597. The number of aryl methyl sites for hydroxylation is 2. The van der Waals surface area contributed by atoms with Crippen molar-refractivity contribution in [2.75, 3.05) is 0 Å². The first kappa shape index (κ1) is 15.0. The lowest BCUT2D eigenvalue weighted by Gasteiger charge is -2.16. The SMILES string of the molecule is CCc1cc(C(Cc2cccc(Cl)c2F)NN)n(C)n1. The van der Waals surface area contributed by atoms with Crippen molar-refractivity contribution in [2.45, 2.75) is 25.8 Å². The Kier molecular flexibility index (Phi) is 4.75. The highest BCUT2D eigenvalue weighted by atomic mass is 35.5. The van der Waals surface area contributed by atoms with Crippen LogP contribution in [0.5, 0.6) is 0 Å². The van der Waals surface area contributed by atoms with Crippen molar-refractivity contribution in [3.8, 4) is 0 Å². The molecule has 0 bridgehead atoms. The van der Waals surface area contributed by atoms with E-state index in [1.54, 1.807) is 16.8 Å². The minimum atomic E-state index is -0.396. The molecule has 0 fully saturated rings. The molecule has 1 atom stereocenters. The largest absolute Gasteiger partial charge is 0.271 e. The monoisotopic (exact) mass is 296 g/mol. The van der Waals surface area contributed by atoms with Gasteiger partial charge in [-0.25, -0.2) is 4.39 Å². The van der Waals surface area contributed by atoms with Gasteiger partial charge in [-0.2, -0.15) is 5.10 Å². The zero-order valence-electron chi connectivity index (χ0n) is 11.5. The summed E-state index contributed by atoms with van der Waals surface area (Å²) in [4.78, 5) is 0. The van der Waals surface area contributed by atoms with Crippen LogP contribution in [0.1, 0.15) is 29.9 Å². The highest BCUT2D eigenvalue weighted by molar-refractivity contribution is 6.30. The van der Waals surface area contributed by atoms with E-state index in [0.717, 1.165) is 17.8 Å². The molecule has 0 aliphatic heterocycles. The van der Waals surface area contributed by atoms with Crippen LogP contribution in [0, 0.1) is 5.82 Å². The third-order valence-corrected chi connectivity index (χ3v) is 3.63. The molecule has 6 heteroatoms. The summed E-state index contributed by atoms with van der Waals surface area (Å²) in [6.07, 6.45) is 1.25. The standard InChI is InChI=1S/C14H18ClFN4/c1-3-10-8-13(20(2)19-10)12(18-17)7-9-5-4-6-11(15)14(9)16/h4-6,8,12,18H,3,7,17H2,1-2H3. The molecule has 0 aliphatic carbocycles. The fourth-order valence-corrected chi connectivity index (χ4v) is 2.41. The van der Waals surface area contributed by atoms with Crippen molar-refractivity contribution in [3.63, 3.8) is 0 Å². The molecule has 4 nitrogen and oxygen atoms in total. The van der Waals surface area contributed by atoms with Gasteiger partial charge in [0, 0.05) is 7.05 Å². The number of hydrogen-bond donors (Lipinski definition) is 2. The van der Waals surface area contributed by atoms with E-state index < -0.39 is 5.82 Å². The second kappa shape index (κ2) is 6.35. The van der Waals surface area contributed by atoms with Crippen molar-refractivity contribution >= 4 is 11.6 Å². The maximum atomic E-state index is 14.0. The highest BCUT2D eigenvalue weighted by Gasteiger charge is 2.18. The Labute approximate surface area is 122 Å². The fraction of sp³-hybridized carbons (Fsp3) is 0.357. The average Bonchev–Trinajstić information content (AvgIpc) is 2.82. The van der Waals surface area contributed by atoms with Gasteiger partial charge < -0.3 is 0 Å². The van der Waals surface area contributed by atoms with E-state index >= 15 is 0 Å². The minimum absolute atomic E-state index is 0.123. The lowest BCUT2D eigenvalue weighted by molar-refractivity contribution is 0.495. The van der Waals surface area contributed by atoms with E-state index in [9.17, 15) is 4.39 Å². The minimum Gasteiger partial charge on any atom is -0.271 e. The average molecular weight is 297 g/mol. The first-order valence-electron chi connectivity index (χ1n) is 6.48. The topological polar surface area (TPSA) is 55.9 Å². The second-order valence-electron chi connectivity index (χ2n) is 4.67. The van der Waals surface area contributed by atoms with Gasteiger partial charge in [0.25, 0.3) is 0 Å². The predicted molar refractivity (Wildman–Crippen MR) is 77.8 cm³/mol. The van der Waals surface area contributed by atoms with Crippen LogP contribution in [-0.2, 0) is 19.9 Å². The number of aromatic nitrogens is 2. The number of halogens is 2. The highest BCUT2D eigenvalue weighted by Crippen LogP contribution is 2.24. The van der Waals surface area contributed by atoms with Gasteiger partial charge in [0.15, 0.2) is 0 Å². The fourth-order valence-electron chi connectivity index (χ4n) is 2.22. The van der Waals surface area contributed by atoms with Crippen molar-refractivity contribution in [2.24, 2.45) is 12.9 Å². The molecule has 0 radical (unpaired) electrons. The first-order valence-corrected chi connectivity index (χ1v) is 6.86. The van der Waals surface area contributed by atoms with Crippen LogP contribution in [-0.4, -0.2) is 9.78 Å². The first-order chi connectivity index (χ1) is 9.56. The van der Waals surface area contributed by atoms with Crippen LogP contribution >= 0.6 is 11.6 Å². The summed E-state index contributed by atoms with van der Waals surface area (Å²) in [7, 11) is 1.85. The third-order valence-electron chi connectivity index (χ3n) is 3.34. The molecule has 3 N–H and O–H groups in total. The molecule has 1 unspecified atom stereocenters. The summed E-state index contributed by atoms with van der Waals surface area (Å²) in [5.41, 5.74) is 5.15. The normalized spacial score (nSPS) is 12.7. The summed E-state index contributed by atoms with van der Waals surface area (Å²) in [5, 5.41) is 4.50. The summed E-state index contributed by atoms with van der Waals surface area (Å²) in [6.45, 7) is 2.04. The molecule has 0 saturated carbocycles. The Morgan fingerprint density at radius 3 is 2.85 bits per heavy atom. The summed E-state index contributed by atoms with van der Waals surface area (Å²) >= 11 is 5.80. The van der Waals surface area contributed by atoms with Gasteiger partial charge in [0.05, 0.1) is 22.5 Å². The van der Waals surface area contributed by atoms with Gasteiger partial charge in [-0.05, 0) is 30.5 Å². The molecule has 2 rings (SSSR count). The van der Waals surface area contributed by atoms with Crippen LogP contribution < -0.4 is 11.3 Å². The van der Waals surface area contributed by atoms with Crippen molar-refractivity contribution in [1.29, 1.82) is 0 Å². The number of hydrazine groups is 1. The third kappa shape index (κ3) is 3.00. The van der Waals surface area contributed by atoms with E-state index in [4.69, 9.17) is 17.4 Å². The Hall–Kier alpha value is -1.43. The van der Waals surface area contributed by atoms with Crippen LogP contribution in [0.2, 0.25) is 5.02 Å². The molecule has 2 aromatic rings. The van der Waals surface area contributed by atoms with E-state index in [-0.39, 0.29) is 11.1 Å². The molecular formula is C14H18ClFN4. The molecule has 1 aromatic carbocycles. The van der Waals surface area contributed by atoms with Gasteiger partial charge in [-0.1, -0.05) is 30.7 Å². The molecule has 0 saturated heterocycles. The molecular weight excluding hydrogens is 279 g/mol. The van der Waals surface area contributed by atoms with E-state index in [1.807, 2.05) is 20.0 Å². The number of nitrogens with zero attached hydrogens (tertiary/aromatic N) is 2. The van der Waals surface area contributed by atoms with Crippen molar-refractivity contribution in [1.82, 2.24) is 15.2 Å². The van der Waals surface area contributed by atoms with Gasteiger partial charge in [0.1, 0.15) is 5.82 Å². The van der Waals surface area contributed by atoms with E-state index in [1.165, 1.54) is 6.07 Å². The summed E-state index contributed by atoms with van der Waals surface area (Å²) in [6, 6.07) is 6.73. The molecule has 108 valence electrons. The van der Waals surface area contributed by atoms with Crippen molar-refractivity contribution in [3.05, 3.63) is 52.1 Å². The van der Waals surface area contributed by atoms with Crippen molar-refractivity contribution < 1.29 is 4.39 Å². The van der Waals surface area contributed by atoms with Gasteiger partial charge in [0.2, 0.25) is 0 Å². The van der Waals surface area contributed by atoms with E-state index in [0.29, 0.717) is 12.0 Å². The zero-order valence-corrected chi connectivity index (χ0v) is 12.3. The van der Waals surface area contributed by atoms with Crippen LogP contribution in [0.4, 0.5) is 4.39 Å². The second-order valence-corrected chi connectivity index (χ2v) is 5.08. The Balaban J connectivity index is 2.28.